The number of primary amides is 1. The quantitative estimate of drug-likeness (QED) is 0.875. The maximum atomic E-state index is 11.1. The van der Waals surface area contributed by atoms with Crippen LogP contribution in [0.2, 0.25) is 5.02 Å². The van der Waals surface area contributed by atoms with Gasteiger partial charge in [0.1, 0.15) is 0 Å². The summed E-state index contributed by atoms with van der Waals surface area (Å²) in [6, 6.07) is 5.58. The largest absolute Gasteiger partial charge is 0.366 e. The predicted octanol–water partition coefficient (Wildman–Crippen LogP) is 1.73. The van der Waals surface area contributed by atoms with Crippen molar-refractivity contribution in [2.45, 2.75) is 13.5 Å². The van der Waals surface area contributed by atoms with Crippen LogP contribution in [0.25, 0.3) is 5.69 Å². The molecule has 3 N–H and O–H groups in total. The highest BCUT2D eigenvalue weighted by atomic mass is 35.5. The van der Waals surface area contributed by atoms with Crippen LogP contribution in [0.1, 0.15) is 22.8 Å². The van der Waals surface area contributed by atoms with Gasteiger partial charge in [0, 0.05) is 17.8 Å². The molecule has 100 valence electrons. The van der Waals surface area contributed by atoms with Gasteiger partial charge in [-0.25, -0.2) is 4.68 Å². The summed E-state index contributed by atoms with van der Waals surface area (Å²) in [4.78, 5) is 11.1. The van der Waals surface area contributed by atoms with Gasteiger partial charge >= 0.3 is 0 Å². The van der Waals surface area contributed by atoms with Gasteiger partial charge in [0.25, 0.3) is 5.91 Å². The Hall–Kier alpha value is -1.85. The lowest BCUT2D eigenvalue weighted by atomic mass is 10.1. The number of aromatic nitrogens is 2. The Morgan fingerprint density at radius 2 is 2.32 bits per heavy atom. The zero-order valence-electron chi connectivity index (χ0n) is 10.6. The topological polar surface area (TPSA) is 72.9 Å². The molecule has 0 aliphatic heterocycles. The van der Waals surface area contributed by atoms with E-state index in [0.29, 0.717) is 17.1 Å². The molecule has 1 aromatic heterocycles. The van der Waals surface area contributed by atoms with Crippen molar-refractivity contribution in [2.24, 2.45) is 5.73 Å². The zero-order chi connectivity index (χ0) is 13.8. The highest BCUT2D eigenvalue weighted by Crippen LogP contribution is 2.20. The van der Waals surface area contributed by atoms with Crippen LogP contribution in [-0.2, 0) is 6.54 Å². The number of carbonyl (C=O) groups is 1. The smallest absolute Gasteiger partial charge is 0.251 e. The van der Waals surface area contributed by atoms with Gasteiger partial charge in [-0.2, -0.15) is 5.10 Å². The van der Waals surface area contributed by atoms with Gasteiger partial charge in [-0.15, -0.1) is 0 Å². The average molecular weight is 279 g/mol. The molecule has 0 fully saturated rings. The van der Waals surface area contributed by atoms with Crippen LogP contribution in [-0.4, -0.2) is 22.2 Å². The van der Waals surface area contributed by atoms with Crippen LogP contribution in [0, 0.1) is 0 Å². The van der Waals surface area contributed by atoms with E-state index in [4.69, 9.17) is 17.3 Å². The van der Waals surface area contributed by atoms with E-state index in [2.05, 4.69) is 10.4 Å². The average Bonchev–Trinajstić information content (AvgIpc) is 2.87. The van der Waals surface area contributed by atoms with Crippen LogP contribution in [0.3, 0.4) is 0 Å². The maximum Gasteiger partial charge on any atom is 0.251 e. The predicted molar refractivity (Wildman–Crippen MR) is 74.5 cm³/mol. The monoisotopic (exact) mass is 278 g/mol. The van der Waals surface area contributed by atoms with E-state index in [1.165, 1.54) is 6.20 Å². The lowest BCUT2D eigenvalue weighted by Crippen LogP contribution is -2.14. The first-order valence-electron chi connectivity index (χ1n) is 5.95. The molecule has 0 saturated carbocycles. The van der Waals surface area contributed by atoms with E-state index in [-0.39, 0.29) is 0 Å². The van der Waals surface area contributed by atoms with E-state index in [9.17, 15) is 4.79 Å². The van der Waals surface area contributed by atoms with Gasteiger partial charge in [0.15, 0.2) is 0 Å². The first-order chi connectivity index (χ1) is 9.11. The third kappa shape index (κ3) is 3.13. The molecule has 19 heavy (non-hydrogen) atoms. The Labute approximate surface area is 116 Å². The molecule has 0 unspecified atom stereocenters. The molecule has 6 heteroatoms. The SMILES string of the molecule is CCNCc1ccc(Cl)cc1-n1cc(C(N)=O)cn1. The molecule has 0 aliphatic rings. The Morgan fingerprint density at radius 1 is 1.53 bits per heavy atom. The van der Waals surface area contributed by atoms with Gasteiger partial charge in [-0.3, -0.25) is 4.79 Å². The van der Waals surface area contributed by atoms with Crippen LogP contribution in [0.15, 0.2) is 30.6 Å². The molecule has 1 heterocycles. The van der Waals surface area contributed by atoms with Gasteiger partial charge in [-0.05, 0) is 24.2 Å². The van der Waals surface area contributed by atoms with Gasteiger partial charge < -0.3 is 11.1 Å². The molecule has 0 atom stereocenters. The summed E-state index contributed by atoms with van der Waals surface area (Å²) in [6.45, 7) is 3.61. The number of amides is 1. The Balaban J connectivity index is 2.40. The third-order valence-electron chi connectivity index (χ3n) is 2.73. The molecular formula is C13H15ClN4O. The summed E-state index contributed by atoms with van der Waals surface area (Å²) in [7, 11) is 0. The number of nitrogens with one attached hydrogen (secondary N) is 1. The van der Waals surface area contributed by atoms with Crippen molar-refractivity contribution in [3.63, 3.8) is 0 Å². The van der Waals surface area contributed by atoms with Crippen molar-refractivity contribution < 1.29 is 4.79 Å². The van der Waals surface area contributed by atoms with Crippen molar-refractivity contribution in [3.05, 3.63) is 46.7 Å². The second kappa shape index (κ2) is 5.86. The minimum Gasteiger partial charge on any atom is -0.366 e. The van der Waals surface area contributed by atoms with Crippen molar-refractivity contribution in [1.29, 1.82) is 0 Å². The van der Waals surface area contributed by atoms with E-state index >= 15 is 0 Å². The standard InChI is InChI=1S/C13H15ClN4O/c1-2-16-6-9-3-4-11(14)5-12(9)18-8-10(7-17-18)13(15)19/h3-5,7-8,16H,2,6H2,1H3,(H2,15,19). The molecule has 0 saturated heterocycles. The van der Waals surface area contributed by atoms with E-state index in [1.807, 2.05) is 25.1 Å². The highest BCUT2D eigenvalue weighted by molar-refractivity contribution is 6.30. The number of nitrogens with zero attached hydrogens (tertiary/aromatic N) is 2. The minimum absolute atomic E-state index is 0.370. The molecule has 0 spiro atoms. The van der Waals surface area contributed by atoms with Crippen molar-refractivity contribution in [1.82, 2.24) is 15.1 Å². The molecule has 2 aromatic rings. The minimum atomic E-state index is -0.499. The number of hydrogen-bond acceptors (Lipinski definition) is 3. The van der Waals surface area contributed by atoms with Crippen molar-refractivity contribution in [2.75, 3.05) is 6.54 Å². The lowest BCUT2D eigenvalue weighted by Gasteiger charge is -2.10. The number of hydrogen-bond donors (Lipinski definition) is 2. The van der Waals surface area contributed by atoms with Crippen LogP contribution in [0.4, 0.5) is 0 Å². The van der Waals surface area contributed by atoms with E-state index in [1.54, 1.807) is 10.9 Å². The van der Waals surface area contributed by atoms with Gasteiger partial charge in [0.05, 0.1) is 17.4 Å². The molecule has 5 nitrogen and oxygen atoms in total. The zero-order valence-corrected chi connectivity index (χ0v) is 11.3. The second-order valence-corrected chi connectivity index (χ2v) is 4.53. The fraction of sp³-hybridized carbons (Fsp3) is 0.231. The fourth-order valence-corrected chi connectivity index (χ4v) is 1.91. The molecule has 2 rings (SSSR count). The molecule has 0 radical (unpaired) electrons. The summed E-state index contributed by atoms with van der Waals surface area (Å²) >= 11 is 6.02. The van der Waals surface area contributed by atoms with Crippen molar-refractivity contribution in [3.8, 4) is 5.69 Å². The number of carbonyl (C=O) groups excluding carboxylic acids is 1. The summed E-state index contributed by atoms with van der Waals surface area (Å²) < 4.78 is 1.61. The molecule has 1 aromatic carbocycles. The number of halogens is 1. The highest BCUT2D eigenvalue weighted by Gasteiger charge is 2.09. The molecule has 0 aliphatic carbocycles. The fourth-order valence-electron chi connectivity index (χ4n) is 1.74. The normalized spacial score (nSPS) is 10.6. The van der Waals surface area contributed by atoms with Gasteiger partial charge in [0.2, 0.25) is 0 Å². The summed E-state index contributed by atoms with van der Waals surface area (Å²) in [5.41, 5.74) is 7.47. The lowest BCUT2D eigenvalue weighted by molar-refractivity contribution is 0.100. The van der Waals surface area contributed by atoms with Crippen LogP contribution in [0.5, 0.6) is 0 Å². The van der Waals surface area contributed by atoms with Gasteiger partial charge in [-0.1, -0.05) is 24.6 Å². The summed E-state index contributed by atoms with van der Waals surface area (Å²) in [6.07, 6.45) is 3.05. The van der Waals surface area contributed by atoms with Crippen molar-refractivity contribution >= 4 is 17.5 Å². The Morgan fingerprint density at radius 3 is 2.95 bits per heavy atom. The maximum absolute atomic E-state index is 11.1. The first kappa shape index (κ1) is 13.6. The summed E-state index contributed by atoms with van der Waals surface area (Å²) in [5, 5.41) is 8.01. The third-order valence-corrected chi connectivity index (χ3v) is 2.96. The second-order valence-electron chi connectivity index (χ2n) is 4.09. The number of benzene rings is 1. The van der Waals surface area contributed by atoms with Crippen LogP contribution >= 0.6 is 11.6 Å². The van der Waals surface area contributed by atoms with E-state index < -0.39 is 5.91 Å². The Kier molecular flexibility index (Phi) is 4.19. The molecule has 0 bridgehead atoms. The first-order valence-corrected chi connectivity index (χ1v) is 6.33. The summed E-state index contributed by atoms with van der Waals surface area (Å²) in [5.74, 6) is -0.499. The number of rotatable bonds is 5. The number of nitrogens with two attached hydrogens (primary N) is 1. The van der Waals surface area contributed by atoms with Crippen LogP contribution < -0.4 is 11.1 Å². The Bertz CT molecular complexity index is 594. The molecule has 1 amide bonds. The molecular weight excluding hydrogens is 264 g/mol. The van der Waals surface area contributed by atoms with E-state index in [0.717, 1.165) is 17.8 Å².